The molecule has 0 saturated heterocycles. The maximum absolute atomic E-state index is 12.5. The molecule has 0 radical (unpaired) electrons. The van der Waals surface area contributed by atoms with Gasteiger partial charge < -0.3 is 23.8 Å². The molecule has 1 aromatic heterocycles. The van der Waals surface area contributed by atoms with Gasteiger partial charge in [0, 0.05) is 27.3 Å². The number of aromatic nitrogens is 1. The zero-order valence-electron chi connectivity index (χ0n) is 19.6. The summed E-state index contributed by atoms with van der Waals surface area (Å²) in [5.74, 6) is 0.350. The number of amides is 1. The summed E-state index contributed by atoms with van der Waals surface area (Å²) < 4.78 is 22.0. The highest BCUT2D eigenvalue weighted by molar-refractivity contribution is 6.31. The van der Waals surface area contributed by atoms with Gasteiger partial charge in [0.25, 0.3) is 0 Å². The topological polar surface area (TPSA) is 120 Å². The number of nitrogens with zero attached hydrogens (tertiary/aromatic N) is 1. The lowest BCUT2D eigenvalue weighted by Gasteiger charge is -2.15. The molecule has 0 bridgehead atoms. The van der Waals surface area contributed by atoms with Crippen molar-refractivity contribution in [2.24, 2.45) is 0 Å². The quantitative estimate of drug-likeness (QED) is 0.290. The molecule has 1 atom stereocenters. The smallest absolute Gasteiger partial charge is 0.412 e. The number of carbonyl (C=O) groups excluding carboxylic acids is 1. The normalized spacial score (nSPS) is 12.7. The summed E-state index contributed by atoms with van der Waals surface area (Å²) >= 11 is 6.19. The Balaban J connectivity index is 1.32. The number of ether oxygens (including phenoxy) is 3. The highest BCUT2D eigenvalue weighted by atomic mass is 35.5. The van der Waals surface area contributed by atoms with E-state index in [1.165, 1.54) is 6.20 Å². The zero-order chi connectivity index (χ0) is 25.9. The number of halogens is 1. The van der Waals surface area contributed by atoms with Crippen LogP contribution in [0.15, 0.2) is 71.4 Å². The van der Waals surface area contributed by atoms with Crippen LogP contribution in [0, 0.1) is 0 Å². The predicted molar refractivity (Wildman–Crippen MR) is 135 cm³/mol. The highest BCUT2D eigenvalue weighted by Gasteiger charge is 2.24. The first-order valence-electron chi connectivity index (χ1n) is 11.3. The van der Waals surface area contributed by atoms with E-state index >= 15 is 0 Å². The molecule has 9 nitrogen and oxygen atoms in total. The van der Waals surface area contributed by atoms with Gasteiger partial charge in [0.1, 0.15) is 11.8 Å². The SMILES string of the molecule is CC(OC(=O)Nc1cnoc1-c1ccc(-c2ccc(CC(=O)O)c3c2OCO3)cc1)c1ccccc1Cl. The van der Waals surface area contributed by atoms with E-state index in [0.717, 1.165) is 11.1 Å². The molecule has 10 heteroatoms. The third-order valence-corrected chi connectivity index (χ3v) is 6.18. The van der Waals surface area contributed by atoms with Crippen molar-refractivity contribution in [1.82, 2.24) is 5.16 Å². The van der Waals surface area contributed by atoms with Crippen LogP contribution in [0.3, 0.4) is 0 Å². The minimum Gasteiger partial charge on any atom is -0.481 e. The van der Waals surface area contributed by atoms with E-state index in [-0.39, 0.29) is 13.2 Å². The molecule has 37 heavy (non-hydrogen) atoms. The number of rotatable bonds is 7. The van der Waals surface area contributed by atoms with E-state index in [9.17, 15) is 9.59 Å². The molecular weight excluding hydrogens is 500 g/mol. The maximum atomic E-state index is 12.5. The van der Waals surface area contributed by atoms with Gasteiger partial charge in [0.05, 0.1) is 12.6 Å². The fourth-order valence-electron chi connectivity index (χ4n) is 4.09. The standard InChI is InChI=1S/C27H21ClN2O7/c1-15(19-4-2-3-5-21(19)28)36-27(33)30-22-13-29-37-24(22)17-8-6-16(7-9-17)20-11-10-18(12-23(31)32)25-26(20)35-14-34-25/h2-11,13,15H,12,14H2,1H3,(H,30,33)(H,31,32). The van der Waals surface area contributed by atoms with Crippen molar-refractivity contribution >= 4 is 29.4 Å². The second-order valence-electron chi connectivity index (χ2n) is 8.25. The lowest BCUT2D eigenvalue weighted by molar-refractivity contribution is -0.136. The molecule has 0 fully saturated rings. The Morgan fingerprint density at radius 1 is 1.05 bits per heavy atom. The summed E-state index contributed by atoms with van der Waals surface area (Å²) in [6, 6.07) is 18.0. The second kappa shape index (κ2) is 10.2. The number of carbonyl (C=O) groups is 2. The second-order valence-corrected chi connectivity index (χ2v) is 8.65. The Kier molecular flexibility index (Phi) is 6.70. The zero-order valence-corrected chi connectivity index (χ0v) is 20.3. The van der Waals surface area contributed by atoms with Crippen LogP contribution in [0.25, 0.3) is 22.5 Å². The molecular formula is C27H21ClN2O7. The van der Waals surface area contributed by atoms with Crippen molar-refractivity contribution in [2.45, 2.75) is 19.4 Å². The number of carboxylic acids is 1. The van der Waals surface area contributed by atoms with Crippen LogP contribution >= 0.6 is 11.6 Å². The number of aliphatic carboxylic acids is 1. The average molecular weight is 521 g/mol. The Labute approximate surface area is 216 Å². The molecule has 1 aliphatic heterocycles. The molecule has 2 N–H and O–H groups in total. The summed E-state index contributed by atoms with van der Waals surface area (Å²) in [5, 5.41) is 16.1. The lowest BCUT2D eigenvalue weighted by Crippen LogP contribution is -2.16. The first-order chi connectivity index (χ1) is 17.9. The minimum atomic E-state index is -0.950. The summed E-state index contributed by atoms with van der Waals surface area (Å²) in [6.45, 7) is 1.75. The van der Waals surface area contributed by atoms with Gasteiger partial charge in [-0.3, -0.25) is 10.1 Å². The lowest BCUT2D eigenvalue weighted by atomic mass is 9.99. The molecule has 0 aliphatic carbocycles. The largest absolute Gasteiger partial charge is 0.481 e. The van der Waals surface area contributed by atoms with E-state index in [0.29, 0.717) is 44.7 Å². The molecule has 2 heterocycles. The number of hydrogen-bond donors (Lipinski definition) is 2. The van der Waals surface area contributed by atoms with Crippen molar-refractivity contribution in [3.8, 4) is 33.9 Å². The summed E-state index contributed by atoms with van der Waals surface area (Å²) in [6.07, 6.45) is -0.0101. The van der Waals surface area contributed by atoms with Gasteiger partial charge in [-0.05, 0) is 18.6 Å². The van der Waals surface area contributed by atoms with Gasteiger partial charge >= 0.3 is 12.1 Å². The Hall–Kier alpha value is -4.50. The average Bonchev–Trinajstić information content (AvgIpc) is 3.55. The Morgan fingerprint density at radius 2 is 1.78 bits per heavy atom. The highest BCUT2D eigenvalue weighted by Crippen LogP contribution is 2.44. The number of fused-ring (bicyclic) bond motifs is 1. The molecule has 188 valence electrons. The number of benzene rings is 3. The van der Waals surface area contributed by atoms with Gasteiger partial charge in [0.2, 0.25) is 6.79 Å². The molecule has 4 aromatic rings. The van der Waals surface area contributed by atoms with Crippen LogP contribution in [0.2, 0.25) is 5.02 Å². The monoisotopic (exact) mass is 520 g/mol. The van der Waals surface area contributed by atoms with Gasteiger partial charge in [-0.15, -0.1) is 0 Å². The van der Waals surface area contributed by atoms with Crippen LogP contribution in [0.4, 0.5) is 10.5 Å². The predicted octanol–water partition coefficient (Wildman–Crippen LogP) is 6.33. The van der Waals surface area contributed by atoms with Crippen molar-refractivity contribution in [3.63, 3.8) is 0 Å². The number of nitrogens with one attached hydrogen (secondary N) is 1. The van der Waals surface area contributed by atoms with Gasteiger partial charge in [-0.2, -0.15) is 0 Å². The summed E-state index contributed by atoms with van der Waals surface area (Å²) in [4.78, 5) is 23.7. The van der Waals surface area contributed by atoms with Crippen LogP contribution in [-0.4, -0.2) is 29.1 Å². The Morgan fingerprint density at radius 3 is 2.54 bits per heavy atom. The molecule has 5 rings (SSSR count). The van der Waals surface area contributed by atoms with Gasteiger partial charge in [-0.1, -0.05) is 71.4 Å². The van der Waals surface area contributed by atoms with Gasteiger partial charge in [0.15, 0.2) is 17.3 Å². The number of anilines is 1. The van der Waals surface area contributed by atoms with E-state index in [1.54, 1.807) is 37.3 Å². The third kappa shape index (κ3) is 5.07. The van der Waals surface area contributed by atoms with E-state index in [4.69, 9.17) is 35.4 Å². The first kappa shape index (κ1) is 24.2. The van der Waals surface area contributed by atoms with Crippen molar-refractivity contribution in [1.29, 1.82) is 0 Å². The van der Waals surface area contributed by atoms with Crippen LogP contribution in [0.5, 0.6) is 11.5 Å². The van der Waals surface area contributed by atoms with Crippen LogP contribution in [0.1, 0.15) is 24.2 Å². The first-order valence-corrected chi connectivity index (χ1v) is 11.7. The van der Waals surface area contributed by atoms with Crippen molar-refractivity contribution in [2.75, 3.05) is 12.1 Å². The number of hydrogen-bond acceptors (Lipinski definition) is 7. The fraction of sp³-hybridized carbons (Fsp3) is 0.148. The summed E-state index contributed by atoms with van der Waals surface area (Å²) in [5.41, 5.74) is 3.85. The van der Waals surface area contributed by atoms with Crippen LogP contribution in [-0.2, 0) is 16.0 Å². The summed E-state index contributed by atoms with van der Waals surface area (Å²) in [7, 11) is 0. The van der Waals surface area contributed by atoms with E-state index < -0.39 is 18.2 Å². The van der Waals surface area contributed by atoms with Crippen LogP contribution < -0.4 is 14.8 Å². The third-order valence-electron chi connectivity index (χ3n) is 5.83. The van der Waals surface area contributed by atoms with Crippen molar-refractivity contribution < 1.29 is 33.4 Å². The van der Waals surface area contributed by atoms with Crippen molar-refractivity contribution in [3.05, 3.63) is 83.0 Å². The maximum Gasteiger partial charge on any atom is 0.412 e. The van der Waals surface area contributed by atoms with E-state index in [2.05, 4.69) is 10.5 Å². The molecule has 1 unspecified atom stereocenters. The molecule has 1 amide bonds. The number of carboxylic acid groups (broad SMARTS) is 1. The molecule has 1 aliphatic rings. The molecule has 0 spiro atoms. The molecule has 0 saturated carbocycles. The minimum absolute atomic E-state index is 0.0232. The Bertz CT molecular complexity index is 1470. The van der Waals surface area contributed by atoms with E-state index in [1.807, 2.05) is 30.3 Å². The molecule has 3 aromatic carbocycles. The fourth-order valence-corrected chi connectivity index (χ4v) is 4.38. The van der Waals surface area contributed by atoms with Gasteiger partial charge in [-0.25, -0.2) is 4.79 Å².